The molecule has 0 fully saturated rings. The minimum atomic E-state index is -0.305. The van der Waals surface area contributed by atoms with Crippen LogP contribution < -0.4 is 10.6 Å². The Morgan fingerprint density at radius 1 is 1.26 bits per heavy atom. The van der Waals surface area contributed by atoms with Crippen molar-refractivity contribution in [2.75, 3.05) is 30.9 Å². The van der Waals surface area contributed by atoms with E-state index in [0.717, 1.165) is 6.42 Å². The van der Waals surface area contributed by atoms with Gasteiger partial charge in [-0.15, -0.1) is 0 Å². The molecule has 1 aromatic carbocycles. The Labute approximate surface area is 134 Å². The van der Waals surface area contributed by atoms with E-state index in [9.17, 15) is 4.79 Å². The van der Waals surface area contributed by atoms with Crippen molar-refractivity contribution >= 4 is 17.5 Å². The van der Waals surface area contributed by atoms with Crippen molar-refractivity contribution in [2.24, 2.45) is 0 Å². The smallest absolute Gasteiger partial charge is 0.258 e. The predicted octanol–water partition coefficient (Wildman–Crippen LogP) is 2.05. The zero-order chi connectivity index (χ0) is 16.5. The van der Waals surface area contributed by atoms with Crippen LogP contribution in [0.4, 0.5) is 11.6 Å². The second kappa shape index (κ2) is 8.46. The molecule has 118 valence electrons. The van der Waals surface area contributed by atoms with Gasteiger partial charge in [-0.1, -0.05) is 0 Å². The molecule has 23 heavy (non-hydrogen) atoms. The Kier molecular flexibility index (Phi) is 6.03. The molecule has 0 spiro atoms. The van der Waals surface area contributed by atoms with Gasteiger partial charge in [-0.2, -0.15) is 5.26 Å². The van der Waals surface area contributed by atoms with E-state index in [1.165, 1.54) is 12.4 Å². The van der Waals surface area contributed by atoms with Crippen LogP contribution in [0.2, 0.25) is 0 Å². The first-order valence-corrected chi connectivity index (χ1v) is 7.09. The van der Waals surface area contributed by atoms with Crippen LogP contribution in [0.15, 0.2) is 36.7 Å². The number of nitrogens with zero attached hydrogens (tertiary/aromatic N) is 3. The van der Waals surface area contributed by atoms with Gasteiger partial charge >= 0.3 is 0 Å². The van der Waals surface area contributed by atoms with Gasteiger partial charge in [-0.05, 0) is 30.7 Å². The second-order valence-corrected chi connectivity index (χ2v) is 4.71. The fourth-order valence-electron chi connectivity index (χ4n) is 1.78. The number of nitriles is 1. The molecular weight excluding hydrogens is 294 g/mol. The van der Waals surface area contributed by atoms with Gasteiger partial charge in [0.2, 0.25) is 5.95 Å². The number of carbonyl (C=O) groups excluding carboxylic acids is 1. The minimum Gasteiger partial charge on any atom is -0.385 e. The third kappa shape index (κ3) is 5.05. The summed E-state index contributed by atoms with van der Waals surface area (Å²) in [4.78, 5) is 20.3. The van der Waals surface area contributed by atoms with Crippen LogP contribution in [0.25, 0.3) is 0 Å². The molecule has 0 aliphatic rings. The number of anilines is 2. The molecule has 2 N–H and O–H groups in total. The van der Waals surface area contributed by atoms with E-state index in [1.54, 1.807) is 31.4 Å². The van der Waals surface area contributed by atoms with E-state index in [2.05, 4.69) is 20.6 Å². The zero-order valence-corrected chi connectivity index (χ0v) is 12.7. The lowest BCUT2D eigenvalue weighted by Gasteiger charge is -2.06. The maximum atomic E-state index is 12.1. The van der Waals surface area contributed by atoms with Gasteiger partial charge < -0.3 is 15.4 Å². The third-order valence-corrected chi connectivity index (χ3v) is 2.99. The highest BCUT2D eigenvalue weighted by Gasteiger charge is 2.07. The molecule has 0 atom stereocenters. The third-order valence-electron chi connectivity index (χ3n) is 2.99. The van der Waals surface area contributed by atoms with E-state index in [0.29, 0.717) is 35.9 Å². The molecule has 0 radical (unpaired) electrons. The van der Waals surface area contributed by atoms with Gasteiger partial charge in [0.15, 0.2) is 0 Å². The van der Waals surface area contributed by atoms with Crippen molar-refractivity contribution in [3.05, 3.63) is 47.8 Å². The van der Waals surface area contributed by atoms with Gasteiger partial charge in [0.05, 0.1) is 17.2 Å². The van der Waals surface area contributed by atoms with Gasteiger partial charge in [0, 0.05) is 38.3 Å². The largest absolute Gasteiger partial charge is 0.385 e. The molecule has 0 bridgehead atoms. The summed E-state index contributed by atoms with van der Waals surface area (Å²) in [5.41, 5.74) is 1.50. The van der Waals surface area contributed by atoms with Crippen LogP contribution in [-0.4, -0.2) is 36.1 Å². The lowest BCUT2D eigenvalue weighted by Crippen LogP contribution is -2.14. The highest BCUT2D eigenvalue weighted by Crippen LogP contribution is 2.10. The van der Waals surface area contributed by atoms with E-state index >= 15 is 0 Å². The monoisotopic (exact) mass is 311 g/mol. The number of nitrogens with one attached hydrogen (secondary N) is 2. The normalized spacial score (nSPS) is 9.91. The van der Waals surface area contributed by atoms with Crippen molar-refractivity contribution in [3.63, 3.8) is 0 Å². The molecule has 0 saturated heterocycles. The van der Waals surface area contributed by atoms with Gasteiger partial charge in [-0.3, -0.25) is 4.79 Å². The summed E-state index contributed by atoms with van der Waals surface area (Å²) in [5.74, 6) is 0.164. The molecule has 0 saturated carbocycles. The number of methoxy groups -OCH3 is 1. The van der Waals surface area contributed by atoms with Crippen molar-refractivity contribution in [1.29, 1.82) is 5.26 Å². The lowest BCUT2D eigenvalue weighted by molar-refractivity contribution is 0.102. The number of hydrogen-bond acceptors (Lipinski definition) is 6. The Bertz CT molecular complexity index is 677. The number of carbonyl (C=O) groups is 1. The van der Waals surface area contributed by atoms with Gasteiger partial charge in [0.25, 0.3) is 5.91 Å². The van der Waals surface area contributed by atoms with E-state index in [-0.39, 0.29) is 5.91 Å². The van der Waals surface area contributed by atoms with E-state index in [1.807, 2.05) is 6.07 Å². The molecule has 1 aromatic heterocycles. The minimum absolute atomic E-state index is 0.305. The Balaban J connectivity index is 1.90. The Morgan fingerprint density at radius 3 is 2.57 bits per heavy atom. The van der Waals surface area contributed by atoms with Crippen LogP contribution in [-0.2, 0) is 4.74 Å². The first-order chi connectivity index (χ1) is 11.2. The number of benzene rings is 1. The highest BCUT2D eigenvalue weighted by molar-refractivity contribution is 6.03. The second-order valence-electron chi connectivity index (χ2n) is 4.71. The van der Waals surface area contributed by atoms with Crippen LogP contribution in [0.5, 0.6) is 0 Å². The lowest BCUT2D eigenvalue weighted by atomic mass is 10.2. The molecule has 0 aliphatic carbocycles. The average Bonchev–Trinajstić information content (AvgIpc) is 2.60. The van der Waals surface area contributed by atoms with Crippen molar-refractivity contribution < 1.29 is 9.53 Å². The number of amides is 1. The topological polar surface area (TPSA) is 99.9 Å². The average molecular weight is 311 g/mol. The van der Waals surface area contributed by atoms with Crippen LogP contribution in [0, 0.1) is 11.3 Å². The highest BCUT2D eigenvalue weighted by atomic mass is 16.5. The molecule has 1 heterocycles. The number of hydrogen-bond donors (Lipinski definition) is 2. The molecule has 7 heteroatoms. The standard InChI is InChI=1S/C16H17N5O2/c1-23-8-2-7-18-16-19-10-13(11-20-16)15(22)21-14-5-3-12(9-17)4-6-14/h3-6,10-11H,2,7-8H2,1H3,(H,21,22)(H,18,19,20). The molecule has 1 amide bonds. The fraction of sp³-hybridized carbons (Fsp3) is 0.250. The summed E-state index contributed by atoms with van der Waals surface area (Å²) in [7, 11) is 1.65. The van der Waals surface area contributed by atoms with Crippen molar-refractivity contribution in [1.82, 2.24) is 9.97 Å². The first-order valence-electron chi connectivity index (χ1n) is 7.09. The van der Waals surface area contributed by atoms with Crippen molar-refractivity contribution in [2.45, 2.75) is 6.42 Å². The molecule has 0 aliphatic heterocycles. The predicted molar refractivity (Wildman–Crippen MR) is 86.1 cm³/mol. The van der Waals surface area contributed by atoms with Crippen LogP contribution in [0.1, 0.15) is 22.3 Å². The van der Waals surface area contributed by atoms with Gasteiger partial charge in [-0.25, -0.2) is 9.97 Å². The number of aromatic nitrogens is 2. The summed E-state index contributed by atoms with van der Waals surface area (Å²) in [6.45, 7) is 1.36. The molecule has 2 rings (SSSR count). The number of ether oxygens (including phenoxy) is 1. The molecule has 2 aromatic rings. The van der Waals surface area contributed by atoms with Gasteiger partial charge in [0.1, 0.15) is 0 Å². The summed E-state index contributed by atoms with van der Waals surface area (Å²) in [6, 6.07) is 8.64. The molecule has 0 unspecified atom stereocenters. The fourth-order valence-corrected chi connectivity index (χ4v) is 1.78. The Hall–Kier alpha value is -2.98. The summed E-state index contributed by atoms with van der Waals surface area (Å²) >= 11 is 0. The number of rotatable bonds is 7. The maximum absolute atomic E-state index is 12.1. The summed E-state index contributed by atoms with van der Waals surface area (Å²) < 4.78 is 4.95. The van der Waals surface area contributed by atoms with E-state index < -0.39 is 0 Å². The van der Waals surface area contributed by atoms with Crippen LogP contribution in [0.3, 0.4) is 0 Å². The zero-order valence-electron chi connectivity index (χ0n) is 12.7. The van der Waals surface area contributed by atoms with Crippen LogP contribution >= 0.6 is 0 Å². The first kappa shape index (κ1) is 16.4. The SMILES string of the molecule is COCCCNc1ncc(C(=O)Nc2ccc(C#N)cc2)cn1. The summed E-state index contributed by atoms with van der Waals surface area (Å²) in [6.07, 6.45) is 3.77. The Morgan fingerprint density at radius 2 is 1.96 bits per heavy atom. The van der Waals surface area contributed by atoms with Crippen molar-refractivity contribution in [3.8, 4) is 6.07 Å². The molecule has 7 nitrogen and oxygen atoms in total. The molecular formula is C16H17N5O2. The quantitative estimate of drug-likeness (QED) is 0.759. The summed E-state index contributed by atoms with van der Waals surface area (Å²) in [5, 5.41) is 14.5. The maximum Gasteiger partial charge on any atom is 0.258 e. The van der Waals surface area contributed by atoms with E-state index in [4.69, 9.17) is 10.00 Å².